The number of carbonyl (C=O) groups excluding carboxylic acids is 2. The SMILES string of the molecule is CC(C)N(CCC(=O)O)C(=O)C1C=CC(NC(=O)OCC2c3ccccc3-c3ccccc32)C1. The van der Waals surface area contributed by atoms with Gasteiger partial charge in [0.05, 0.1) is 18.4 Å². The van der Waals surface area contributed by atoms with Crippen molar-refractivity contribution in [3.05, 3.63) is 71.8 Å². The lowest BCUT2D eigenvalue weighted by Gasteiger charge is -2.28. The zero-order valence-corrected chi connectivity index (χ0v) is 19.4. The first-order chi connectivity index (χ1) is 16.3. The van der Waals surface area contributed by atoms with Gasteiger partial charge in [-0.05, 0) is 42.5 Å². The van der Waals surface area contributed by atoms with Crippen LogP contribution in [0.3, 0.4) is 0 Å². The highest BCUT2D eigenvalue weighted by Gasteiger charge is 2.32. The number of nitrogens with zero attached hydrogens (tertiary/aromatic N) is 1. The molecule has 0 spiro atoms. The third-order valence-corrected chi connectivity index (χ3v) is 6.52. The minimum atomic E-state index is -0.935. The monoisotopic (exact) mass is 462 g/mol. The van der Waals surface area contributed by atoms with Crippen LogP contribution < -0.4 is 5.32 Å². The number of fused-ring (bicyclic) bond motifs is 3. The molecule has 34 heavy (non-hydrogen) atoms. The maximum absolute atomic E-state index is 12.9. The Kier molecular flexibility index (Phi) is 7.01. The lowest BCUT2D eigenvalue weighted by Crippen LogP contribution is -2.42. The molecule has 0 fully saturated rings. The molecule has 2 atom stereocenters. The molecule has 0 heterocycles. The maximum atomic E-state index is 12.9. The molecule has 2 N–H and O–H groups in total. The van der Waals surface area contributed by atoms with Gasteiger partial charge in [0.2, 0.25) is 5.91 Å². The van der Waals surface area contributed by atoms with Crippen molar-refractivity contribution in [1.29, 1.82) is 0 Å². The Hall–Kier alpha value is -3.61. The molecule has 4 rings (SSSR count). The molecule has 7 nitrogen and oxygen atoms in total. The fraction of sp³-hybridized carbons (Fsp3) is 0.370. The van der Waals surface area contributed by atoms with E-state index in [1.165, 1.54) is 11.1 Å². The molecule has 2 amide bonds. The van der Waals surface area contributed by atoms with Crippen LogP contribution in [0, 0.1) is 5.92 Å². The van der Waals surface area contributed by atoms with Crippen LogP contribution in [0.15, 0.2) is 60.7 Å². The molecule has 2 aliphatic carbocycles. The van der Waals surface area contributed by atoms with Gasteiger partial charge >= 0.3 is 12.1 Å². The van der Waals surface area contributed by atoms with Crippen LogP contribution in [0.1, 0.15) is 43.7 Å². The van der Waals surface area contributed by atoms with Crippen LogP contribution in [0.4, 0.5) is 4.79 Å². The van der Waals surface area contributed by atoms with E-state index in [1.54, 1.807) is 17.1 Å². The third kappa shape index (κ3) is 4.98. The van der Waals surface area contributed by atoms with Crippen LogP contribution in [-0.4, -0.2) is 53.2 Å². The summed E-state index contributed by atoms with van der Waals surface area (Å²) >= 11 is 0. The van der Waals surface area contributed by atoms with Gasteiger partial charge in [0.1, 0.15) is 6.61 Å². The van der Waals surface area contributed by atoms with Crippen LogP contribution in [0.25, 0.3) is 11.1 Å². The van der Waals surface area contributed by atoms with Crippen molar-refractivity contribution < 1.29 is 24.2 Å². The number of alkyl carbamates (subject to hydrolysis) is 1. The summed E-state index contributed by atoms with van der Waals surface area (Å²) in [5, 5.41) is 11.8. The number of rotatable bonds is 8. The minimum Gasteiger partial charge on any atom is -0.481 e. The van der Waals surface area contributed by atoms with Gasteiger partial charge in [0, 0.05) is 18.5 Å². The number of ether oxygens (including phenoxy) is 1. The molecular formula is C27H30N2O5. The summed E-state index contributed by atoms with van der Waals surface area (Å²) < 4.78 is 5.60. The number of carboxylic acid groups (broad SMARTS) is 1. The first-order valence-corrected chi connectivity index (χ1v) is 11.7. The zero-order chi connectivity index (χ0) is 24.2. The second-order valence-electron chi connectivity index (χ2n) is 9.07. The smallest absolute Gasteiger partial charge is 0.407 e. The molecule has 0 bridgehead atoms. The summed E-state index contributed by atoms with van der Waals surface area (Å²) in [5.74, 6) is -1.46. The number of amides is 2. The lowest BCUT2D eigenvalue weighted by atomic mass is 9.98. The zero-order valence-electron chi connectivity index (χ0n) is 19.4. The number of hydrogen-bond acceptors (Lipinski definition) is 4. The van der Waals surface area contributed by atoms with Crippen molar-refractivity contribution in [2.24, 2.45) is 5.92 Å². The molecule has 178 valence electrons. The Morgan fingerprint density at radius 1 is 1.03 bits per heavy atom. The molecule has 0 saturated heterocycles. The summed E-state index contributed by atoms with van der Waals surface area (Å²) in [4.78, 5) is 38.0. The molecule has 7 heteroatoms. The lowest BCUT2D eigenvalue weighted by molar-refractivity contribution is -0.140. The van der Waals surface area contributed by atoms with E-state index in [4.69, 9.17) is 9.84 Å². The number of carboxylic acids is 1. The van der Waals surface area contributed by atoms with Crippen molar-refractivity contribution in [3.8, 4) is 11.1 Å². The number of nitrogens with one attached hydrogen (secondary N) is 1. The van der Waals surface area contributed by atoms with Crippen LogP contribution >= 0.6 is 0 Å². The third-order valence-electron chi connectivity index (χ3n) is 6.52. The molecule has 0 saturated carbocycles. The first-order valence-electron chi connectivity index (χ1n) is 11.7. The predicted molar refractivity (Wildman–Crippen MR) is 128 cm³/mol. The van der Waals surface area contributed by atoms with Crippen molar-refractivity contribution in [2.45, 2.75) is 44.7 Å². The number of hydrogen-bond donors (Lipinski definition) is 2. The van der Waals surface area contributed by atoms with Crippen molar-refractivity contribution in [2.75, 3.05) is 13.2 Å². The van der Waals surface area contributed by atoms with Crippen LogP contribution in [0.5, 0.6) is 0 Å². The normalized spacial score (nSPS) is 18.4. The van der Waals surface area contributed by atoms with E-state index in [0.717, 1.165) is 11.1 Å². The highest BCUT2D eigenvalue weighted by atomic mass is 16.5. The van der Waals surface area contributed by atoms with Gasteiger partial charge in [-0.1, -0.05) is 60.7 Å². The summed E-state index contributed by atoms with van der Waals surface area (Å²) in [6.45, 7) is 4.13. The van der Waals surface area contributed by atoms with Gasteiger partial charge in [-0.3, -0.25) is 9.59 Å². The van der Waals surface area contributed by atoms with Crippen molar-refractivity contribution in [1.82, 2.24) is 10.2 Å². The molecule has 0 aromatic heterocycles. The molecule has 2 aliphatic rings. The van der Waals surface area contributed by atoms with E-state index in [0.29, 0.717) is 6.42 Å². The van der Waals surface area contributed by atoms with E-state index in [1.807, 2.05) is 38.1 Å². The molecular weight excluding hydrogens is 432 g/mol. The quantitative estimate of drug-likeness (QED) is 0.574. The van der Waals surface area contributed by atoms with Gasteiger partial charge in [0.25, 0.3) is 0 Å². The Morgan fingerprint density at radius 2 is 1.65 bits per heavy atom. The largest absolute Gasteiger partial charge is 0.481 e. The van der Waals surface area contributed by atoms with Gasteiger partial charge in [-0.2, -0.15) is 0 Å². The molecule has 2 unspecified atom stereocenters. The summed E-state index contributed by atoms with van der Waals surface area (Å²) in [6.07, 6.45) is 3.41. The minimum absolute atomic E-state index is 0.0135. The van der Waals surface area contributed by atoms with Gasteiger partial charge in [0.15, 0.2) is 0 Å². The fourth-order valence-electron chi connectivity index (χ4n) is 4.83. The second-order valence-corrected chi connectivity index (χ2v) is 9.07. The van der Waals surface area contributed by atoms with Crippen LogP contribution in [0.2, 0.25) is 0 Å². The molecule has 0 aliphatic heterocycles. The Morgan fingerprint density at radius 3 is 2.24 bits per heavy atom. The van der Waals surface area contributed by atoms with E-state index >= 15 is 0 Å². The van der Waals surface area contributed by atoms with E-state index < -0.39 is 18.0 Å². The first kappa shape index (κ1) is 23.5. The van der Waals surface area contributed by atoms with Crippen molar-refractivity contribution >= 4 is 18.0 Å². The summed E-state index contributed by atoms with van der Waals surface area (Å²) in [7, 11) is 0. The number of aliphatic carboxylic acids is 1. The topological polar surface area (TPSA) is 95.9 Å². The van der Waals surface area contributed by atoms with Gasteiger partial charge < -0.3 is 20.1 Å². The molecule has 0 radical (unpaired) electrons. The van der Waals surface area contributed by atoms with Crippen molar-refractivity contribution in [3.63, 3.8) is 0 Å². The highest BCUT2D eigenvalue weighted by molar-refractivity contribution is 5.82. The van der Waals surface area contributed by atoms with Crippen LogP contribution in [-0.2, 0) is 14.3 Å². The molecule has 2 aromatic carbocycles. The van der Waals surface area contributed by atoms with Gasteiger partial charge in [-0.25, -0.2) is 4.79 Å². The van der Waals surface area contributed by atoms with Gasteiger partial charge in [-0.15, -0.1) is 0 Å². The fourth-order valence-corrected chi connectivity index (χ4v) is 4.83. The molecule has 2 aromatic rings. The standard InChI is InChI=1S/C27H30N2O5/c1-17(2)29(14-13-25(30)31)26(32)18-11-12-19(15-18)28-27(33)34-16-24-22-9-5-3-7-20(22)21-8-4-6-10-23(21)24/h3-12,17-19,24H,13-16H2,1-2H3,(H,28,33)(H,30,31). The summed E-state index contributed by atoms with van der Waals surface area (Å²) in [5.41, 5.74) is 4.64. The average Bonchev–Trinajstić information content (AvgIpc) is 3.40. The van der Waals surface area contributed by atoms with E-state index in [9.17, 15) is 14.4 Å². The Labute approximate surface area is 199 Å². The highest BCUT2D eigenvalue weighted by Crippen LogP contribution is 2.44. The number of carbonyl (C=O) groups is 3. The number of benzene rings is 2. The van der Waals surface area contributed by atoms with E-state index in [-0.39, 0.29) is 43.5 Å². The second kappa shape index (κ2) is 10.1. The Bertz CT molecular complexity index is 1060. The Balaban J connectivity index is 1.31. The summed E-state index contributed by atoms with van der Waals surface area (Å²) in [6, 6.07) is 15.9. The average molecular weight is 463 g/mol. The predicted octanol–water partition coefficient (Wildman–Crippen LogP) is 4.18. The van der Waals surface area contributed by atoms with E-state index in [2.05, 4.69) is 29.6 Å². The maximum Gasteiger partial charge on any atom is 0.407 e.